The molecule has 0 radical (unpaired) electrons. The van der Waals surface area contributed by atoms with Crippen LogP contribution in [0, 0.1) is 0 Å². The van der Waals surface area contributed by atoms with Crippen molar-refractivity contribution in [2.75, 3.05) is 19.6 Å². The molecule has 0 fully saturated rings. The van der Waals surface area contributed by atoms with E-state index < -0.39 is 29.7 Å². The molecule has 0 aliphatic rings. The van der Waals surface area contributed by atoms with E-state index in [1.54, 1.807) is 0 Å². The fraction of sp³-hybridized carbons (Fsp3) is 0.684. The first-order valence-corrected chi connectivity index (χ1v) is 9.39. The van der Waals surface area contributed by atoms with E-state index in [-0.39, 0.29) is 18.2 Å². The van der Waals surface area contributed by atoms with Crippen LogP contribution in [0.4, 0.5) is 26.3 Å². The van der Waals surface area contributed by atoms with Crippen molar-refractivity contribution in [1.29, 1.82) is 0 Å². The Balaban J connectivity index is 2.59. The minimum absolute atomic E-state index is 0.0930. The van der Waals surface area contributed by atoms with Crippen LogP contribution in [-0.4, -0.2) is 35.9 Å². The van der Waals surface area contributed by atoms with Crippen LogP contribution in [0.1, 0.15) is 56.2 Å². The normalized spacial score (nSPS) is 13.9. The standard InChI is InChI=1S/C19H28F6N2O/c1-3-8-27(4-2)9-6-5-7-17(28)26-13-14-10-15(18(20,21)22)12-16(11-14)19(23,24)25/h10-12,17,26,28H,3-9,13H2,1-2H3. The molecule has 1 unspecified atom stereocenters. The number of unbranched alkanes of at least 4 members (excludes halogenated alkanes) is 1. The van der Waals surface area contributed by atoms with Crippen LogP contribution in [0.2, 0.25) is 0 Å². The monoisotopic (exact) mass is 414 g/mol. The number of aliphatic hydroxyl groups is 1. The van der Waals surface area contributed by atoms with Crippen molar-refractivity contribution in [2.24, 2.45) is 0 Å². The third kappa shape index (κ3) is 8.79. The minimum Gasteiger partial charge on any atom is -0.379 e. The lowest BCUT2D eigenvalue weighted by Gasteiger charge is -2.20. The lowest BCUT2D eigenvalue weighted by Crippen LogP contribution is -2.29. The van der Waals surface area contributed by atoms with Crippen LogP contribution in [-0.2, 0) is 18.9 Å². The Labute approximate surface area is 161 Å². The van der Waals surface area contributed by atoms with Gasteiger partial charge in [0.05, 0.1) is 11.1 Å². The second-order valence-corrected chi connectivity index (χ2v) is 6.74. The predicted molar refractivity (Wildman–Crippen MR) is 95.5 cm³/mol. The number of hydrogen-bond acceptors (Lipinski definition) is 3. The molecule has 0 saturated heterocycles. The highest BCUT2D eigenvalue weighted by atomic mass is 19.4. The van der Waals surface area contributed by atoms with Gasteiger partial charge >= 0.3 is 12.4 Å². The molecule has 0 heterocycles. The van der Waals surface area contributed by atoms with E-state index in [0.29, 0.717) is 25.0 Å². The molecule has 0 aliphatic carbocycles. The van der Waals surface area contributed by atoms with E-state index in [2.05, 4.69) is 24.1 Å². The highest BCUT2D eigenvalue weighted by Gasteiger charge is 2.36. The zero-order chi connectivity index (χ0) is 21.4. The fourth-order valence-corrected chi connectivity index (χ4v) is 2.88. The summed E-state index contributed by atoms with van der Waals surface area (Å²) in [7, 11) is 0. The van der Waals surface area contributed by atoms with Crippen LogP contribution >= 0.6 is 0 Å². The molecule has 1 aromatic carbocycles. The molecule has 0 saturated carbocycles. The summed E-state index contributed by atoms with van der Waals surface area (Å²) in [4.78, 5) is 2.28. The van der Waals surface area contributed by atoms with Gasteiger partial charge in [-0.1, -0.05) is 13.8 Å². The fourth-order valence-electron chi connectivity index (χ4n) is 2.88. The SMILES string of the molecule is CCCN(CC)CCCCC(O)NCc1cc(C(F)(F)F)cc(C(F)(F)F)c1. The number of nitrogens with zero attached hydrogens (tertiary/aromatic N) is 1. The summed E-state index contributed by atoms with van der Waals surface area (Å²) >= 11 is 0. The van der Waals surface area contributed by atoms with Crippen LogP contribution in [0.5, 0.6) is 0 Å². The highest BCUT2D eigenvalue weighted by molar-refractivity contribution is 5.33. The molecular formula is C19H28F6N2O. The zero-order valence-corrected chi connectivity index (χ0v) is 16.1. The molecule has 0 bridgehead atoms. The average molecular weight is 414 g/mol. The summed E-state index contributed by atoms with van der Waals surface area (Å²) in [5.74, 6) is 0. The lowest BCUT2D eigenvalue weighted by molar-refractivity contribution is -0.143. The quantitative estimate of drug-likeness (QED) is 0.303. The maximum Gasteiger partial charge on any atom is 0.416 e. The van der Waals surface area contributed by atoms with Crippen molar-refractivity contribution < 1.29 is 31.4 Å². The molecule has 0 spiro atoms. The third-order valence-electron chi connectivity index (χ3n) is 4.38. The van der Waals surface area contributed by atoms with Crippen molar-refractivity contribution in [3.8, 4) is 0 Å². The number of benzene rings is 1. The highest BCUT2D eigenvalue weighted by Crippen LogP contribution is 2.36. The van der Waals surface area contributed by atoms with E-state index in [1.165, 1.54) is 0 Å². The van der Waals surface area contributed by atoms with Gasteiger partial charge in [0.15, 0.2) is 0 Å². The number of nitrogens with one attached hydrogen (secondary N) is 1. The number of aliphatic hydroxyl groups excluding tert-OH is 1. The molecule has 1 rings (SSSR count). The molecule has 0 amide bonds. The summed E-state index contributed by atoms with van der Waals surface area (Å²) in [6.07, 6.45) is -7.77. The second kappa shape index (κ2) is 11.0. The maximum absolute atomic E-state index is 12.8. The van der Waals surface area contributed by atoms with Gasteiger partial charge in [0, 0.05) is 6.54 Å². The Kier molecular flexibility index (Phi) is 9.73. The van der Waals surface area contributed by atoms with E-state index >= 15 is 0 Å². The first-order valence-electron chi connectivity index (χ1n) is 9.39. The minimum atomic E-state index is -4.88. The van der Waals surface area contributed by atoms with Gasteiger partial charge in [-0.2, -0.15) is 26.3 Å². The predicted octanol–water partition coefficient (Wildman–Crippen LogP) is 5.03. The molecule has 9 heteroatoms. The Morgan fingerprint density at radius 2 is 1.50 bits per heavy atom. The Morgan fingerprint density at radius 1 is 0.929 bits per heavy atom. The Hall–Kier alpha value is -1.32. The van der Waals surface area contributed by atoms with E-state index in [0.717, 1.165) is 32.5 Å². The van der Waals surface area contributed by atoms with Crippen LogP contribution < -0.4 is 5.32 Å². The molecule has 28 heavy (non-hydrogen) atoms. The van der Waals surface area contributed by atoms with Crippen molar-refractivity contribution in [3.05, 3.63) is 34.9 Å². The average Bonchev–Trinajstić information content (AvgIpc) is 2.60. The van der Waals surface area contributed by atoms with E-state index in [9.17, 15) is 31.4 Å². The van der Waals surface area contributed by atoms with Gasteiger partial charge in [0.2, 0.25) is 0 Å². The lowest BCUT2D eigenvalue weighted by atomic mass is 10.0. The first-order chi connectivity index (χ1) is 13.0. The van der Waals surface area contributed by atoms with Gasteiger partial charge in [-0.05, 0) is 69.1 Å². The summed E-state index contributed by atoms with van der Waals surface area (Å²) in [6, 6.07) is 1.42. The molecule has 0 aliphatic heterocycles. The van der Waals surface area contributed by atoms with Gasteiger partial charge in [-0.25, -0.2) is 0 Å². The van der Waals surface area contributed by atoms with Crippen molar-refractivity contribution in [2.45, 2.75) is 64.7 Å². The molecule has 2 N–H and O–H groups in total. The van der Waals surface area contributed by atoms with Crippen LogP contribution in [0.25, 0.3) is 0 Å². The number of alkyl halides is 6. The molecule has 0 aromatic heterocycles. The summed E-state index contributed by atoms with van der Waals surface area (Å²) < 4.78 is 77.1. The summed E-state index contributed by atoms with van der Waals surface area (Å²) in [6.45, 7) is 6.69. The topological polar surface area (TPSA) is 35.5 Å². The van der Waals surface area contributed by atoms with Crippen LogP contribution in [0.15, 0.2) is 18.2 Å². The first kappa shape index (κ1) is 24.7. The van der Waals surface area contributed by atoms with E-state index in [1.807, 2.05) is 0 Å². The van der Waals surface area contributed by atoms with Crippen LogP contribution in [0.3, 0.4) is 0 Å². The van der Waals surface area contributed by atoms with Crippen molar-refractivity contribution in [1.82, 2.24) is 10.2 Å². The number of hydrogen-bond donors (Lipinski definition) is 2. The molecule has 162 valence electrons. The van der Waals surface area contributed by atoms with Gasteiger partial charge in [0.25, 0.3) is 0 Å². The van der Waals surface area contributed by atoms with Gasteiger partial charge < -0.3 is 10.0 Å². The summed E-state index contributed by atoms with van der Waals surface area (Å²) in [5, 5.41) is 12.5. The Morgan fingerprint density at radius 3 is 1.96 bits per heavy atom. The smallest absolute Gasteiger partial charge is 0.379 e. The number of rotatable bonds is 11. The Bertz CT molecular complexity index is 557. The van der Waals surface area contributed by atoms with Gasteiger partial charge in [-0.3, -0.25) is 5.32 Å². The molecule has 3 nitrogen and oxygen atoms in total. The van der Waals surface area contributed by atoms with E-state index in [4.69, 9.17) is 0 Å². The zero-order valence-electron chi connectivity index (χ0n) is 16.1. The summed E-state index contributed by atoms with van der Waals surface area (Å²) in [5.41, 5.74) is -2.89. The molecule has 1 atom stereocenters. The largest absolute Gasteiger partial charge is 0.416 e. The van der Waals surface area contributed by atoms with Gasteiger partial charge in [-0.15, -0.1) is 0 Å². The molecular weight excluding hydrogens is 386 g/mol. The third-order valence-corrected chi connectivity index (χ3v) is 4.38. The second-order valence-electron chi connectivity index (χ2n) is 6.74. The number of halogens is 6. The van der Waals surface area contributed by atoms with Crippen molar-refractivity contribution >= 4 is 0 Å². The maximum atomic E-state index is 12.8. The van der Waals surface area contributed by atoms with Crippen molar-refractivity contribution in [3.63, 3.8) is 0 Å². The van der Waals surface area contributed by atoms with Gasteiger partial charge in [0.1, 0.15) is 6.23 Å². The molecule has 1 aromatic rings.